The zero-order valence-corrected chi connectivity index (χ0v) is 8.09. The molecule has 1 saturated heterocycles. The summed E-state index contributed by atoms with van der Waals surface area (Å²) in [5, 5.41) is 11.5. The van der Waals surface area contributed by atoms with Crippen molar-refractivity contribution in [2.45, 2.75) is 12.3 Å². The molecule has 2 atom stereocenters. The Balaban J connectivity index is 2.11. The van der Waals surface area contributed by atoms with Gasteiger partial charge in [0.2, 0.25) is 0 Å². The highest BCUT2D eigenvalue weighted by Gasteiger charge is 2.37. The maximum Gasteiger partial charge on any atom is 0.0427 e. The summed E-state index contributed by atoms with van der Waals surface area (Å²) >= 11 is 0. The summed E-state index contributed by atoms with van der Waals surface area (Å²) in [6.07, 6.45) is 1.12. The van der Waals surface area contributed by atoms with Gasteiger partial charge < -0.3 is 10.7 Å². The molecule has 2 heteroatoms. The van der Waals surface area contributed by atoms with E-state index >= 15 is 0 Å². The van der Waals surface area contributed by atoms with Crippen LogP contribution in [0.15, 0.2) is 24.3 Å². The van der Waals surface area contributed by atoms with E-state index < -0.39 is 0 Å². The first-order chi connectivity index (χ1) is 6.88. The molecule has 0 saturated carbocycles. The van der Waals surface area contributed by atoms with E-state index in [9.17, 15) is 0 Å². The van der Waals surface area contributed by atoms with Crippen LogP contribution < -0.4 is 5.32 Å². The summed E-state index contributed by atoms with van der Waals surface area (Å²) in [4.78, 5) is 0. The topological polar surface area (TPSA) is 35.9 Å². The lowest BCUT2D eigenvalue weighted by Crippen LogP contribution is -2.34. The number of piperidine rings is 1. The molecule has 0 amide bonds. The molecule has 1 fully saturated rings. The fourth-order valence-electron chi connectivity index (χ4n) is 2.80. The third kappa shape index (κ3) is 0.976. The molecule has 14 heavy (non-hydrogen) atoms. The van der Waals surface area contributed by atoms with Crippen molar-refractivity contribution < 1.29 is 0 Å². The molecule has 1 aromatic carbocycles. The van der Waals surface area contributed by atoms with E-state index in [2.05, 4.69) is 23.5 Å². The monoisotopic (exact) mass is 186 g/mol. The lowest BCUT2D eigenvalue weighted by Gasteiger charge is -2.26. The number of rotatable bonds is 0. The molecule has 2 aliphatic rings. The van der Waals surface area contributed by atoms with Crippen LogP contribution in [0.3, 0.4) is 0 Å². The van der Waals surface area contributed by atoms with Crippen molar-refractivity contribution in [3.63, 3.8) is 0 Å². The number of fused-ring (bicyclic) bond motifs is 3. The average molecular weight is 186 g/mol. The predicted octanol–water partition coefficient (Wildman–Crippen LogP) is 1.76. The van der Waals surface area contributed by atoms with Gasteiger partial charge in [0.15, 0.2) is 0 Å². The quantitative estimate of drug-likeness (QED) is 0.636. The van der Waals surface area contributed by atoms with Crippen LogP contribution in [0.4, 0.5) is 0 Å². The minimum Gasteiger partial charge on any atom is -0.316 e. The van der Waals surface area contributed by atoms with Gasteiger partial charge in [-0.25, -0.2) is 0 Å². The molecule has 0 bridgehead atoms. The Kier molecular flexibility index (Phi) is 1.71. The molecular weight excluding hydrogens is 172 g/mol. The molecule has 1 aliphatic heterocycles. The van der Waals surface area contributed by atoms with Crippen LogP contribution in [0.2, 0.25) is 0 Å². The van der Waals surface area contributed by atoms with Crippen molar-refractivity contribution in [3.05, 3.63) is 35.4 Å². The molecule has 1 aliphatic carbocycles. The summed E-state index contributed by atoms with van der Waals surface area (Å²) < 4.78 is 0. The van der Waals surface area contributed by atoms with Crippen molar-refractivity contribution in [3.8, 4) is 0 Å². The van der Waals surface area contributed by atoms with E-state index in [0.717, 1.165) is 25.2 Å². The second-order valence-electron chi connectivity index (χ2n) is 4.21. The van der Waals surface area contributed by atoms with E-state index in [1.54, 1.807) is 0 Å². The largest absolute Gasteiger partial charge is 0.316 e. The molecule has 0 aromatic heterocycles. The third-order valence-electron chi connectivity index (χ3n) is 3.50. The van der Waals surface area contributed by atoms with E-state index in [4.69, 9.17) is 5.41 Å². The van der Waals surface area contributed by atoms with E-state index in [-0.39, 0.29) is 0 Å². The zero-order chi connectivity index (χ0) is 9.54. The van der Waals surface area contributed by atoms with E-state index in [0.29, 0.717) is 11.8 Å². The maximum absolute atomic E-state index is 8.13. The molecule has 72 valence electrons. The molecule has 1 heterocycles. The molecule has 2 nitrogen and oxygen atoms in total. The van der Waals surface area contributed by atoms with Crippen molar-refractivity contribution in [1.82, 2.24) is 5.32 Å². The van der Waals surface area contributed by atoms with Crippen LogP contribution in [0.25, 0.3) is 0 Å². The van der Waals surface area contributed by atoms with Gasteiger partial charge in [-0.1, -0.05) is 24.3 Å². The van der Waals surface area contributed by atoms with Gasteiger partial charge in [0.1, 0.15) is 0 Å². The summed E-state index contributed by atoms with van der Waals surface area (Å²) in [6.45, 7) is 2.11. The van der Waals surface area contributed by atoms with E-state index in [1.807, 2.05) is 6.07 Å². The first-order valence-corrected chi connectivity index (χ1v) is 5.26. The van der Waals surface area contributed by atoms with Crippen LogP contribution in [0.1, 0.15) is 23.5 Å². The van der Waals surface area contributed by atoms with Crippen LogP contribution in [-0.2, 0) is 0 Å². The minimum absolute atomic E-state index is 0.480. The predicted molar refractivity (Wildman–Crippen MR) is 57.0 cm³/mol. The van der Waals surface area contributed by atoms with Crippen LogP contribution in [0.5, 0.6) is 0 Å². The average Bonchev–Trinajstić information content (AvgIpc) is 2.55. The summed E-state index contributed by atoms with van der Waals surface area (Å²) in [5.41, 5.74) is 3.44. The molecule has 2 N–H and O–H groups in total. The SMILES string of the molecule is N=C1c2ccccc2[C@@H]2CNCC[C@H]12. The Morgan fingerprint density at radius 2 is 2.07 bits per heavy atom. The minimum atomic E-state index is 0.480. The molecule has 0 radical (unpaired) electrons. The Hall–Kier alpha value is -1.15. The van der Waals surface area contributed by atoms with Crippen LogP contribution in [-0.4, -0.2) is 18.8 Å². The fraction of sp³-hybridized carbons (Fsp3) is 0.417. The molecule has 1 aromatic rings. The van der Waals surface area contributed by atoms with Crippen molar-refractivity contribution in [2.75, 3.05) is 13.1 Å². The Morgan fingerprint density at radius 1 is 1.21 bits per heavy atom. The van der Waals surface area contributed by atoms with Crippen LogP contribution in [0, 0.1) is 11.3 Å². The summed E-state index contributed by atoms with van der Waals surface area (Å²) in [6, 6.07) is 8.40. The number of hydrogen-bond donors (Lipinski definition) is 2. The van der Waals surface area contributed by atoms with Crippen molar-refractivity contribution >= 4 is 5.71 Å². The van der Waals surface area contributed by atoms with Gasteiger partial charge >= 0.3 is 0 Å². The number of nitrogens with one attached hydrogen (secondary N) is 2. The lowest BCUT2D eigenvalue weighted by molar-refractivity contribution is 0.410. The van der Waals surface area contributed by atoms with Gasteiger partial charge in [-0.05, 0) is 24.1 Å². The van der Waals surface area contributed by atoms with Gasteiger partial charge in [-0.3, -0.25) is 0 Å². The third-order valence-corrected chi connectivity index (χ3v) is 3.50. The first-order valence-electron chi connectivity index (χ1n) is 5.26. The standard InChI is InChI=1S/C12H14N2/c13-12-9-4-2-1-3-8(9)11-7-14-6-5-10(11)12/h1-4,10-11,13-14H,5-7H2/t10-,11-/m0/s1. The van der Waals surface area contributed by atoms with Gasteiger partial charge in [-0.2, -0.15) is 0 Å². The van der Waals surface area contributed by atoms with Gasteiger partial charge in [0.25, 0.3) is 0 Å². The van der Waals surface area contributed by atoms with Gasteiger partial charge in [-0.15, -0.1) is 0 Å². The Bertz CT molecular complexity index is 384. The molecule has 0 spiro atoms. The van der Waals surface area contributed by atoms with Gasteiger partial charge in [0, 0.05) is 24.1 Å². The second-order valence-corrected chi connectivity index (χ2v) is 4.21. The first kappa shape index (κ1) is 8.18. The molecule has 0 unspecified atom stereocenters. The lowest BCUT2D eigenvalue weighted by atomic mass is 9.86. The van der Waals surface area contributed by atoms with E-state index in [1.165, 1.54) is 11.1 Å². The molecule has 3 rings (SSSR count). The maximum atomic E-state index is 8.13. The fourth-order valence-corrected chi connectivity index (χ4v) is 2.80. The highest BCUT2D eigenvalue weighted by atomic mass is 14.9. The number of benzene rings is 1. The number of hydrogen-bond acceptors (Lipinski definition) is 2. The highest BCUT2D eigenvalue weighted by molar-refractivity contribution is 6.05. The Labute approximate surface area is 83.8 Å². The summed E-state index contributed by atoms with van der Waals surface area (Å²) in [5.74, 6) is 1.04. The highest BCUT2D eigenvalue weighted by Crippen LogP contribution is 2.40. The molecular formula is C12H14N2. The smallest absolute Gasteiger partial charge is 0.0427 e. The second kappa shape index (κ2) is 2.92. The van der Waals surface area contributed by atoms with Crippen molar-refractivity contribution in [1.29, 1.82) is 5.41 Å². The normalized spacial score (nSPS) is 29.9. The Morgan fingerprint density at radius 3 is 3.00 bits per heavy atom. The summed E-state index contributed by atoms with van der Waals surface area (Å²) in [7, 11) is 0. The van der Waals surface area contributed by atoms with Gasteiger partial charge in [0.05, 0.1) is 0 Å². The zero-order valence-electron chi connectivity index (χ0n) is 8.09. The van der Waals surface area contributed by atoms with Crippen LogP contribution >= 0.6 is 0 Å². The van der Waals surface area contributed by atoms with Crippen molar-refractivity contribution in [2.24, 2.45) is 5.92 Å².